The Morgan fingerprint density at radius 2 is 1.89 bits per heavy atom. The highest BCUT2D eigenvalue weighted by molar-refractivity contribution is 6.35. The number of rotatable bonds is 2. The first kappa shape index (κ1) is 12.9. The van der Waals surface area contributed by atoms with Crippen molar-refractivity contribution in [2.24, 2.45) is 0 Å². The van der Waals surface area contributed by atoms with E-state index in [1.807, 2.05) is 13.8 Å². The maximum atomic E-state index is 12.3. The van der Waals surface area contributed by atoms with Gasteiger partial charge in [-0.3, -0.25) is 4.79 Å². The fourth-order valence-corrected chi connectivity index (χ4v) is 2.23. The molecule has 0 spiro atoms. The maximum absolute atomic E-state index is 12.3. The van der Waals surface area contributed by atoms with Crippen molar-refractivity contribution >= 4 is 29.2 Å². The van der Waals surface area contributed by atoms with Crippen LogP contribution >= 0.6 is 11.6 Å². The molecule has 4 nitrogen and oxygen atoms in total. The first-order valence-corrected chi connectivity index (χ1v) is 6.28. The standard InChI is InChI=1S/C13H15ClN2O2/c1-9(2)15-8-7-12(17)16(13(15)18)11-6-4-3-5-10(11)14/h3-6,9H,7-8H2,1-2H3. The minimum Gasteiger partial charge on any atom is -0.321 e. The number of urea groups is 1. The molecule has 0 N–H and O–H groups in total. The number of carbonyl (C=O) groups is 2. The lowest BCUT2D eigenvalue weighted by Crippen LogP contribution is -2.54. The lowest BCUT2D eigenvalue weighted by atomic mass is 10.2. The summed E-state index contributed by atoms with van der Waals surface area (Å²) in [5.74, 6) is -0.204. The number of anilines is 1. The summed E-state index contributed by atoms with van der Waals surface area (Å²) < 4.78 is 0. The molecule has 3 amide bonds. The minimum atomic E-state index is -0.297. The highest BCUT2D eigenvalue weighted by Crippen LogP contribution is 2.29. The van der Waals surface area contributed by atoms with Gasteiger partial charge >= 0.3 is 6.03 Å². The van der Waals surface area contributed by atoms with E-state index in [-0.39, 0.29) is 18.0 Å². The molecule has 1 aliphatic rings. The largest absolute Gasteiger partial charge is 0.331 e. The van der Waals surface area contributed by atoms with Crippen LogP contribution in [0, 0.1) is 0 Å². The third-order valence-corrected chi connectivity index (χ3v) is 3.29. The lowest BCUT2D eigenvalue weighted by Gasteiger charge is -2.36. The lowest BCUT2D eigenvalue weighted by molar-refractivity contribution is -0.119. The van der Waals surface area contributed by atoms with Crippen LogP contribution in [0.4, 0.5) is 10.5 Å². The fourth-order valence-electron chi connectivity index (χ4n) is 2.01. The number of para-hydroxylation sites is 1. The molecule has 0 aliphatic carbocycles. The Labute approximate surface area is 111 Å². The van der Waals surface area contributed by atoms with Crippen molar-refractivity contribution in [1.29, 1.82) is 0 Å². The van der Waals surface area contributed by atoms with Gasteiger partial charge in [-0.25, -0.2) is 9.69 Å². The molecule has 1 aliphatic heterocycles. The van der Waals surface area contributed by atoms with E-state index < -0.39 is 0 Å². The van der Waals surface area contributed by atoms with Gasteiger partial charge in [0.15, 0.2) is 0 Å². The summed E-state index contributed by atoms with van der Waals surface area (Å²) in [6.07, 6.45) is 0.329. The van der Waals surface area contributed by atoms with Gasteiger partial charge in [0.25, 0.3) is 0 Å². The molecule has 1 heterocycles. The van der Waals surface area contributed by atoms with E-state index in [0.29, 0.717) is 23.7 Å². The molecule has 0 atom stereocenters. The maximum Gasteiger partial charge on any atom is 0.331 e. The second-order valence-electron chi connectivity index (χ2n) is 4.50. The van der Waals surface area contributed by atoms with E-state index in [9.17, 15) is 9.59 Å². The average Bonchev–Trinajstić information content (AvgIpc) is 2.31. The third kappa shape index (κ3) is 2.20. The first-order chi connectivity index (χ1) is 8.52. The van der Waals surface area contributed by atoms with Gasteiger partial charge in [-0.1, -0.05) is 23.7 Å². The predicted molar refractivity (Wildman–Crippen MR) is 70.8 cm³/mol. The van der Waals surface area contributed by atoms with Crippen LogP contribution in [0.2, 0.25) is 5.02 Å². The Kier molecular flexibility index (Phi) is 3.57. The van der Waals surface area contributed by atoms with Gasteiger partial charge in [0, 0.05) is 19.0 Å². The highest BCUT2D eigenvalue weighted by atomic mass is 35.5. The summed E-state index contributed by atoms with van der Waals surface area (Å²) in [4.78, 5) is 27.1. The summed E-state index contributed by atoms with van der Waals surface area (Å²) >= 11 is 6.05. The molecule has 18 heavy (non-hydrogen) atoms. The van der Waals surface area contributed by atoms with Gasteiger partial charge in [0.05, 0.1) is 10.7 Å². The van der Waals surface area contributed by atoms with Crippen LogP contribution in [0.25, 0.3) is 0 Å². The Bertz CT molecular complexity index is 488. The number of nitrogens with zero attached hydrogens (tertiary/aromatic N) is 2. The Morgan fingerprint density at radius 1 is 1.22 bits per heavy atom. The van der Waals surface area contributed by atoms with Crippen molar-refractivity contribution in [3.05, 3.63) is 29.3 Å². The molecular formula is C13H15ClN2O2. The van der Waals surface area contributed by atoms with Gasteiger partial charge < -0.3 is 4.90 Å². The quantitative estimate of drug-likeness (QED) is 0.826. The SMILES string of the molecule is CC(C)N1CCC(=O)N(c2ccccc2Cl)C1=O. The monoisotopic (exact) mass is 266 g/mol. The molecule has 0 saturated carbocycles. The molecule has 1 aromatic rings. The Balaban J connectivity index is 2.38. The van der Waals surface area contributed by atoms with E-state index in [0.717, 1.165) is 0 Å². The number of hydrogen-bond donors (Lipinski definition) is 0. The zero-order chi connectivity index (χ0) is 13.3. The van der Waals surface area contributed by atoms with Crippen molar-refractivity contribution in [2.45, 2.75) is 26.3 Å². The molecule has 1 saturated heterocycles. The van der Waals surface area contributed by atoms with Gasteiger partial charge in [-0.2, -0.15) is 0 Å². The normalized spacial score (nSPS) is 16.7. The Hall–Kier alpha value is -1.55. The van der Waals surface area contributed by atoms with Crippen molar-refractivity contribution in [3.8, 4) is 0 Å². The Morgan fingerprint density at radius 3 is 2.50 bits per heavy atom. The van der Waals surface area contributed by atoms with Gasteiger partial charge in [0.1, 0.15) is 0 Å². The topological polar surface area (TPSA) is 40.6 Å². The summed E-state index contributed by atoms with van der Waals surface area (Å²) in [6.45, 7) is 4.33. The number of halogens is 1. The summed E-state index contributed by atoms with van der Waals surface area (Å²) in [5, 5.41) is 0.407. The molecule has 2 rings (SSSR count). The molecule has 96 valence electrons. The van der Waals surface area contributed by atoms with Crippen molar-refractivity contribution in [3.63, 3.8) is 0 Å². The highest BCUT2D eigenvalue weighted by Gasteiger charge is 2.35. The number of hydrogen-bond acceptors (Lipinski definition) is 2. The summed E-state index contributed by atoms with van der Waals surface area (Å²) in [7, 11) is 0. The number of carbonyl (C=O) groups excluding carboxylic acids is 2. The van der Waals surface area contributed by atoms with Crippen LogP contribution in [0.3, 0.4) is 0 Å². The van der Waals surface area contributed by atoms with Crippen LogP contribution in [-0.4, -0.2) is 29.4 Å². The molecule has 0 bridgehead atoms. The number of amides is 3. The van der Waals surface area contributed by atoms with Crippen LogP contribution in [-0.2, 0) is 4.79 Å². The fraction of sp³-hybridized carbons (Fsp3) is 0.385. The van der Waals surface area contributed by atoms with Crippen molar-refractivity contribution in [1.82, 2.24) is 4.90 Å². The van der Waals surface area contributed by atoms with Crippen LogP contribution < -0.4 is 4.90 Å². The number of benzene rings is 1. The van der Waals surface area contributed by atoms with Gasteiger partial charge in [-0.15, -0.1) is 0 Å². The second-order valence-corrected chi connectivity index (χ2v) is 4.91. The molecule has 1 fully saturated rings. The molecular weight excluding hydrogens is 252 g/mol. The van der Waals surface area contributed by atoms with E-state index >= 15 is 0 Å². The van der Waals surface area contributed by atoms with Crippen LogP contribution in [0.1, 0.15) is 20.3 Å². The van der Waals surface area contributed by atoms with Gasteiger partial charge in [0.2, 0.25) is 5.91 Å². The van der Waals surface area contributed by atoms with E-state index in [4.69, 9.17) is 11.6 Å². The van der Waals surface area contributed by atoms with E-state index in [1.54, 1.807) is 29.2 Å². The molecule has 5 heteroatoms. The van der Waals surface area contributed by atoms with Gasteiger partial charge in [-0.05, 0) is 26.0 Å². The molecule has 0 radical (unpaired) electrons. The predicted octanol–water partition coefficient (Wildman–Crippen LogP) is 2.91. The zero-order valence-corrected chi connectivity index (χ0v) is 11.1. The average molecular weight is 267 g/mol. The second kappa shape index (κ2) is 4.98. The minimum absolute atomic E-state index is 0.0654. The van der Waals surface area contributed by atoms with Crippen LogP contribution in [0.5, 0.6) is 0 Å². The zero-order valence-electron chi connectivity index (χ0n) is 10.4. The summed E-state index contributed by atoms with van der Waals surface area (Å²) in [6, 6.07) is 6.65. The van der Waals surface area contributed by atoms with Crippen molar-refractivity contribution in [2.75, 3.05) is 11.4 Å². The van der Waals surface area contributed by atoms with Crippen LogP contribution in [0.15, 0.2) is 24.3 Å². The van der Waals surface area contributed by atoms with Crippen molar-refractivity contribution < 1.29 is 9.59 Å². The smallest absolute Gasteiger partial charge is 0.321 e. The summed E-state index contributed by atoms with van der Waals surface area (Å²) in [5.41, 5.74) is 0.458. The number of imide groups is 1. The van der Waals surface area contributed by atoms with E-state index in [1.165, 1.54) is 4.90 Å². The third-order valence-electron chi connectivity index (χ3n) is 2.97. The molecule has 0 aromatic heterocycles. The first-order valence-electron chi connectivity index (χ1n) is 5.90. The molecule has 0 unspecified atom stereocenters. The van der Waals surface area contributed by atoms with E-state index in [2.05, 4.69) is 0 Å². The molecule has 1 aromatic carbocycles.